The second kappa shape index (κ2) is 8.27. The van der Waals surface area contributed by atoms with E-state index in [2.05, 4.69) is 72.2 Å². The van der Waals surface area contributed by atoms with Gasteiger partial charge in [0.2, 0.25) is 0 Å². The maximum absolute atomic E-state index is 6.61. The van der Waals surface area contributed by atoms with Crippen molar-refractivity contribution in [2.45, 2.75) is 12.5 Å². The maximum Gasteiger partial charge on any atom is 0.269 e. The topological polar surface area (TPSA) is 21.3 Å². The number of aromatic nitrogens is 1. The molecule has 0 radical (unpaired) electrons. The summed E-state index contributed by atoms with van der Waals surface area (Å²) in [4.78, 5) is 2.69. The van der Waals surface area contributed by atoms with Crippen LogP contribution in [-0.2, 0) is 7.05 Å². The molecule has 1 aliphatic rings. The van der Waals surface area contributed by atoms with Gasteiger partial charge in [-0.15, -0.1) is 0 Å². The van der Waals surface area contributed by atoms with Crippen LogP contribution in [0.4, 0.5) is 11.4 Å². The normalized spacial score (nSPS) is 16.7. The number of halogens is 1. The van der Waals surface area contributed by atoms with E-state index in [1.165, 1.54) is 0 Å². The Morgan fingerprint density at radius 2 is 1.79 bits per heavy atom. The molecule has 2 aromatic carbocycles. The van der Waals surface area contributed by atoms with Crippen LogP contribution in [0.2, 0.25) is 0 Å². The van der Waals surface area contributed by atoms with Crippen LogP contribution >= 0.6 is 23.8 Å². The zero-order chi connectivity index (χ0) is 20.4. The first-order chi connectivity index (χ1) is 14.1. The molecule has 3 nitrogen and oxygen atoms in total. The Morgan fingerprint density at radius 1 is 1.10 bits per heavy atom. The summed E-state index contributed by atoms with van der Waals surface area (Å²) in [5, 5.41) is 1.16. The molecule has 0 N–H and O–H groups in total. The lowest BCUT2D eigenvalue weighted by Crippen LogP contribution is -2.29. The Kier molecular flexibility index (Phi) is 5.56. The number of rotatable bonds is 4. The quantitative estimate of drug-likeness (QED) is 0.543. The first-order valence-electron chi connectivity index (χ1n) is 9.39. The lowest BCUT2D eigenvalue weighted by atomic mass is 10.0. The lowest BCUT2D eigenvalue weighted by Gasteiger charge is -2.32. The zero-order valence-electron chi connectivity index (χ0n) is 16.1. The van der Waals surface area contributed by atoms with E-state index in [0.29, 0.717) is 20.6 Å². The van der Waals surface area contributed by atoms with Gasteiger partial charge in [0.15, 0.2) is 5.42 Å². The molecular weight excluding hydrogens is 400 g/mol. The van der Waals surface area contributed by atoms with Crippen molar-refractivity contribution in [3.63, 3.8) is 0 Å². The average Bonchev–Trinajstić information content (AvgIpc) is 3.03. The summed E-state index contributed by atoms with van der Waals surface area (Å²) in [5.74, 6) is 0. The van der Waals surface area contributed by atoms with E-state index in [1.807, 2.05) is 25.2 Å². The molecule has 5 heteroatoms. The molecular formula is C24H21ClN2OS. The molecule has 29 heavy (non-hydrogen) atoms. The SMILES string of the molecule is C=c1/c(=C(/Cl)c2ccc(N(c3ccccc3)C3C=CC=CC3)cc2)oc(=S)n1C. The van der Waals surface area contributed by atoms with Crippen LogP contribution in [0.5, 0.6) is 0 Å². The predicted octanol–water partition coefficient (Wildman–Crippen LogP) is 5.18. The molecule has 0 fully saturated rings. The van der Waals surface area contributed by atoms with Gasteiger partial charge in [-0.1, -0.05) is 72.8 Å². The van der Waals surface area contributed by atoms with Gasteiger partial charge in [-0.3, -0.25) is 0 Å². The molecule has 0 amide bonds. The van der Waals surface area contributed by atoms with Crippen LogP contribution < -0.4 is 15.7 Å². The van der Waals surface area contributed by atoms with Gasteiger partial charge in [-0.25, -0.2) is 0 Å². The molecule has 1 aliphatic carbocycles. The van der Waals surface area contributed by atoms with Crippen molar-refractivity contribution in [1.82, 2.24) is 4.57 Å². The highest BCUT2D eigenvalue weighted by molar-refractivity contribution is 7.71. The monoisotopic (exact) mass is 420 g/mol. The number of para-hydroxylation sites is 1. The summed E-state index contributed by atoms with van der Waals surface area (Å²) in [7, 11) is 1.81. The number of hydrogen-bond donors (Lipinski definition) is 0. The van der Waals surface area contributed by atoms with Gasteiger partial charge in [0, 0.05) is 18.4 Å². The molecule has 1 aromatic heterocycles. The van der Waals surface area contributed by atoms with E-state index < -0.39 is 0 Å². The van der Waals surface area contributed by atoms with Crippen LogP contribution in [0.1, 0.15) is 12.0 Å². The fourth-order valence-corrected chi connectivity index (χ4v) is 3.89. The highest BCUT2D eigenvalue weighted by atomic mass is 35.5. The summed E-state index contributed by atoms with van der Waals surface area (Å²) in [6.45, 7) is 4.01. The summed E-state index contributed by atoms with van der Waals surface area (Å²) in [5.41, 5.74) is 3.61. The fourth-order valence-electron chi connectivity index (χ4n) is 3.43. The van der Waals surface area contributed by atoms with Crippen molar-refractivity contribution in [1.29, 1.82) is 0 Å². The Morgan fingerprint density at radius 3 is 2.38 bits per heavy atom. The third-order valence-corrected chi connectivity index (χ3v) is 5.80. The molecule has 0 bridgehead atoms. The fraction of sp³-hybridized carbons (Fsp3) is 0.125. The summed E-state index contributed by atoms with van der Waals surface area (Å²) >= 11 is 11.8. The molecule has 0 aliphatic heterocycles. The molecule has 0 saturated heterocycles. The summed E-state index contributed by atoms with van der Waals surface area (Å²) < 4.78 is 7.33. The molecule has 3 aromatic rings. The van der Waals surface area contributed by atoms with Gasteiger partial charge < -0.3 is 13.9 Å². The van der Waals surface area contributed by atoms with Crippen molar-refractivity contribution in [3.05, 3.63) is 100 Å². The van der Waals surface area contributed by atoms with Gasteiger partial charge in [0.1, 0.15) is 0 Å². The number of hydrogen-bond acceptors (Lipinski definition) is 3. The van der Waals surface area contributed by atoms with Gasteiger partial charge in [-0.2, -0.15) is 0 Å². The maximum atomic E-state index is 6.61. The largest absolute Gasteiger partial charge is 0.428 e. The van der Waals surface area contributed by atoms with E-state index in [0.717, 1.165) is 23.4 Å². The highest BCUT2D eigenvalue weighted by Crippen LogP contribution is 2.31. The predicted molar refractivity (Wildman–Crippen MR) is 123 cm³/mol. The zero-order valence-corrected chi connectivity index (χ0v) is 17.7. The van der Waals surface area contributed by atoms with E-state index in [1.54, 1.807) is 4.57 Å². The Labute approximate surface area is 180 Å². The molecule has 1 heterocycles. The van der Waals surface area contributed by atoms with E-state index in [9.17, 15) is 0 Å². The summed E-state index contributed by atoms with van der Waals surface area (Å²) in [6.07, 6.45) is 9.56. The smallest absolute Gasteiger partial charge is 0.269 e. The second-order valence-electron chi connectivity index (χ2n) is 6.89. The van der Waals surface area contributed by atoms with Crippen LogP contribution in [0.3, 0.4) is 0 Å². The Hall–Kier alpha value is -2.82. The minimum Gasteiger partial charge on any atom is -0.428 e. The van der Waals surface area contributed by atoms with E-state index >= 15 is 0 Å². The standard InChI is InChI=1S/C24H21ClN2OS/c1-17-23(28-24(29)26(17)2)22(25)18-13-15-21(16-14-18)27(19-9-5-3-6-10-19)20-11-7-4-8-12-20/h3-11,13-16,20H,1,12H2,2H3/b23-22-. The van der Waals surface area contributed by atoms with Crippen LogP contribution in [0.15, 0.2) is 83.3 Å². The van der Waals surface area contributed by atoms with E-state index in [-0.39, 0.29) is 6.04 Å². The van der Waals surface area contributed by atoms with Gasteiger partial charge in [0.05, 0.1) is 16.4 Å². The van der Waals surface area contributed by atoms with Gasteiger partial charge >= 0.3 is 0 Å². The van der Waals surface area contributed by atoms with Crippen LogP contribution in [0.25, 0.3) is 11.6 Å². The van der Waals surface area contributed by atoms with Crippen molar-refractivity contribution in [2.24, 2.45) is 7.05 Å². The van der Waals surface area contributed by atoms with Crippen molar-refractivity contribution in [3.8, 4) is 0 Å². The summed E-state index contributed by atoms with van der Waals surface area (Å²) in [6, 6.07) is 18.8. The first-order valence-corrected chi connectivity index (χ1v) is 10.2. The third-order valence-electron chi connectivity index (χ3n) is 5.05. The molecule has 0 spiro atoms. The molecule has 1 unspecified atom stereocenters. The van der Waals surface area contributed by atoms with Crippen LogP contribution in [0, 0.1) is 4.84 Å². The molecule has 146 valence electrons. The third kappa shape index (κ3) is 3.86. The minimum absolute atomic E-state index is 0.256. The molecule has 4 rings (SSSR count). The van der Waals surface area contributed by atoms with Crippen molar-refractivity contribution >= 4 is 46.8 Å². The second-order valence-corrected chi connectivity index (χ2v) is 7.61. The lowest BCUT2D eigenvalue weighted by molar-refractivity contribution is 0.495. The number of allylic oxidation sites excluding steroid dienone is 2. The highest BCUT2D eigenvalue weighted by Gasteiger charge is 2.19. The van der Waals surface area contributed by atoms with Crippen LogP contribution in [-0.4, -0.2) is 10.6 Å². The van der Waals surface area contributed by atoms with Crippen molar-refractivity contribution < 1.29 is 4.42 Å². The van der Waals surface area contributed by atoms with Gasteiger partial charge in [-0.05, 0) is 48.5 Å². The number of nitrogens with zero attached hydrogens (tertiary/aromatic N) is 2. The first kappa shape index (κ1) is 19.5. The Balaban J connectivity index is 1.76. The van der Waals surface area contributed by atoms with E-state index in [4.69, 9.17) is 28.2 Å². The minimum atomic E-state index is 0.256. The number of benzene rings is 2. The Bertz CT molecular complexity index is 1240. The number of oxazole rings is 1. The number of anilines is 2. The molecule has 1 atom stereocenters. The van der Waals surface area contributed by atoms with Gasteiger partial charge in [0.25, 0.3) is 4.84 Å². The average molecular weight is 421 g/mol. The van der Waals surface area contributed by atoms with Crippen molar-refractivity contribution in [2.75, 3.05) is 4.90 Å². The molecule has 0 saturated carbocycles.